The number of fused-ring (bicyclic) bond motifs is 1. The number of nitrogens with one attached hydrogen (secondary N) is 2. The highest BCUT2D eigenvalue weighted by Crippen LogP contribution is 2.23. The Morgan fingerprint density at radius 1 is 1.13 bits per heavy atom. The molecular formula is C17H19N5O. The molecule has 0 amide bonds. The standard InChI is InChI=1S/C17H19N5O/c1-10-5-11(2)7-13(6-10)20-15-8-16(18-4)22-17(21-15)14(9-19-22)12(3)23/h5-9,18H,1-4H3,(H,20,21). The summed E-state index contributed by atoms with van der Waals surface area (Å²) in [5.41, 5.74) is 4.36. The number of aromatic nitrogens is 3. The normalized spacial score (nSPS) is 10.8. The maximum atomic E-state index is 11.7. The summed E-state index contributed by atoms with van der Waals surface area (Å²) >= 11 is 0. The van der Waals surface area contributed by atoms with E-state index < -0.39 is 0 Å². The van der Waals surface area contributed by atoms with Gasteiger partial charge >= 0.3 is 0 Å². The molecule has 2 aromatic heterocycles. The van der Waals surface area contributed by atoms with Gasteiger partial charge in [-0.1, -0.05) is 6.07 Å². The third kappa shape index (κ3) is 2.88. The molecule has 6 nitrogen and oxygen atoms in total. The first kappa shape index (κ1) is 15.0. The van der Waals surface area contributed by atoms with E-state index >= 15 is 0 Å². The Balaban J connectivity index is 2.10. The highest BCUT2D eigenvalue weighted by atomic mass is 16.1. The first-order chi connectivity index (χ1) is 11.0. The van der Waals surface area contributed by atoms with Crippen LogP contribution >= 0.6 is 0 Å². The molecule has 6 heteroatoms. The Morgan fingerprint density at radius 3 is 2.43 bits per heavy atom. The van der Waals surface area contributed by atoms with Gasteiger partial charge in [0.25, 0.3) is 0 Å². The van der Waals surface area contributed by atoms with Crippen LogP contribution in [0.1, 0.15) is 28.4 Å². The fourth-order valence-corrected chi connectivity index (χ4v) is 2.65. The fraction of sp³-hybridized carbons (Fsp3) is 0.235. The fourth-order valence-electron chi connectivity index (χ4n) is 2.65. The zero-order valence-corrected chi connectivity index (χ0v) is 13.6. The van der Waals surface area contributed by atoms with Gasteiger partial charge in [-0.3, -0.25) is 4.79 Å². The highest BCUT2D eigenvalue weighted by molar-refractivity contribution is 6.00. The van der Waals surface area contributed by atoms with Gasteiger partial charge in [-0.25, -0.2) is 4.98 Å². The van der Waals surface area contributed by atoms with Gasteiger partial charge in [0.15, 0.2) is 11.4 Å². The third-order valence-electron chi connectivity index (χ3n) is 3.60. The molecule has 0 aliphatic heterocycles. The summed E-state index contributed by atoms with van der Waals surface area (Å²) in [6.07, 6.45) is 1.55. The predicted molar refractivity (Wildman–Crippen MR) is 91.7 cm³/mol. The number of nitrogens with zero attached hydrogens (tertiary/aromatic N) is 3. The number of benzene rings is 1. The molecule has 0 unspecified atom stereocenters. The third-order valence-corrected chi connectivity index (χ3v) is 3.60. The Kier molecular flexibility index (Phi) is 3.73. The number of ketones is 1. The molecule has 0 saturated heterocycles. The minimum atomic E-state index is -0.0573. The van der Waals surface area contributed by atoms with Gasteiger partial charge < -0.3 is 10.6 Å². The van der Waals surface area contributed by atoms with Crippen molar-refractivity contribution < 1.29 is 4.79 Å². The maximum Gasteiger partial charge on any atom is 0.170 e. The van der Waals surface area contributed by atoms with E-state index in [2.05, 4.69) is 52.8 Å². The van der Waals surface area contributed by atoms with E-state index in [1.165, 1.54) is 18.1 Å². The number of hydrogen-bond acceptors (Lipinski definition) is 5. The van der Waals surface area contributed by atoms with Gasteiger partial charge in [-0.15, -0.1) is 0 Å². The molecule has 0 bridgehead atoms. The van der Waals surface area contributed by atoms with Crippen molar-refractivity contribution in [2.75, 3.05) is 17.7 Å². The van der Waals surface area contributed by atoms with Crippen molar-refractivity contribution in [3.63, 3.8) is 0 Å². The summed E-state index contributed by atoms with van der Waals surface area (Å²) < 4.78 is 1.63. The van der Waals surface area contributed by atoms with E-state index in [9.17, 15) is 4.79 Å². The molecule has 0 radical (unpaired) electrons. The minimum Gasteiger partial charge on any atom is -0.373 e. The van der Waals surface area contributed by atoms with Crippen LogP contribution in [0.2, 0.25) is 0 Å². The summed E-state index contributed by atoms with van der Waals surface area (Å²) in [6, 6.07) is 8.09. The van der Waals surface area contributed by atoms with Crippen molar-refractivity contribution in [1.82, 2.24) is 14.6 Å². The zero-order chi connectivity index (χ0) is 16.6. The lowest BCUT2D eigenvalue weighted by atomic mass is 10.1. The number of carbonyl (C=O) groups is 1. The molecule has 118 valence electrons. The molecule has 0 aliphatic carbocycles. The first-order valence-electron chi connectivity index (χ1n) is 7.40. The van der Waals surface area contributed by atoms with E-state index in [1.807, 2.05) is 13.1 Å². The molecule has 0 fully saturated rings. The lowest BCUT2D eigenvalue weighted by molar-refractivity contribution is 0.101. The summed E-state index contributed by atoms with van der Waals surface area (Å²) in [4.78, 5) is 16.3. The van der Waals surface area contributed by atoms with Crippen LogP contribution in [0, 0.1) is 13.8 Å². The largest absolute Gasteiger partial charge is 0.373 e. The second kappa shape index (κ2) is 5.72. The van der Waals surface area contributed by atoms with Gasteiger partial charge in [0.1, 0.15) is 11.6 Å². The van der Waals surface area contributed by atoms with Crippen molar-refractivity contribution in [3.05, 3.63) is 47.2 Å². The Hall–Kier alpha value is -2.89. The van der Waals surface area contributed by atoms with Crippen molar-refractivity contribution in [3.8, 4) is 0 Å². The second-order valence-corrected chi connectivity index (χ2v) is 5.63. The van der Waals surface area contributed by atoms with E-state index in [4.69, 9.17) is 0 Å². The number of anilines is 3. The Morgan fingerprint density at radius 2 is 1.83 bits per heavy atom. The average molecular weight is 309 g/mol. The van der Waals surface area contributed by atoms with E-state index in [1.54, 1.807) is 10.7 Å². The molecule has 23 heavy (non-hydrogen) atoms. The van der Waals surface area contributed by atoms with E-state index in [-0.39, 0.29) is 5.78 Å². The monoisotopic (exact) mass is 309 g/mol. The summed E-state index contributed by atoms with van der Waals surface area (Å²) in [7, 11) is 1.81. The van der Waals surface area contributed by atoms with Gasteiger partial charge in [0.2, 0.25) is 0 Å². The molecule has 0 atom stereocenters. The van der Waals surface area contributed by atoms with Gasteiger partial charge in [-0.2, -0.15) is 9.61 Å². The van der Waals surface area contributed by atoms with Crippen molar-refractivity contribution >= 4 is 28.8 Å². The molecule has 3 rings (SSSR count). The number of hydrogen-bond donors (Lipinski definition) is 2. The van der Waals surface area contributed by atoms with Crippen LogP contribution in [0.15, 0.2) is 30.5 Å². The van der Waals surface area contributed by atoms with E-state index in [0.717, 1.165) is 11.5 Å². The lowest BCUT2D eigenvalue weighted by Crippen LogP contribution is -2.05. The SMILES string of the molecule is CNc1cc(Nc2cc(C)cc(C)c2)nc2c(C(C)=O)cnn12. The van der Waals surface area contributed by atoms with Crippen molar-refractivity contribution in [2.24, 2.45) is 0 Å². The minimum absolute atomic E-state index is 0.0573. The second-order valence-electron chi connectivity index (χ2n) is 5.63. The van der Waals surface area contributed by atoms with E-state index in [0.29, 0.717) is 17.0 Å². The number of rotatable bonds is 4. The zero-order valence-electron chi connectivity index (χ0n) is 13.6. The topological polar surface area (TPSA) is 71.3 Å². The summed E-state index contributed by atoms with van der Waals surface area (Å²) in [5.74, 6) is 1.36. The van der Waals surface area contributed by atoms with Crippen molar-refractivity contribution in [1.29, 1.82) is 0 Å². The molecule has 0 spiro atoms. The molecular weight excluding hydrogens is 290 g/mol. The van der Waals surface area contributed by atoms with Crippen LogP contribution in [-0.2, 0) is 0 Å². The lowest BCUT2D eigenvalue weighted by Gasteiger charge is -2.11. The van der Waals surface area contributed by atoms with Crippen LogP contribution in [0.3, 0.4) is 0 Å². The molecule has 2 heterocycles. The molecule has 1 aromatic carbocycles. The number of carbonyl (C=O) groups excluding carboxylic acids is 1. The summed E-state index contributed by atoms with van der Waals surface area (Å²) in [6.45, 7) is 5.62. The summed E-state index contributed by atoms with van der Waals surface area (Å²) in [5, 5.41) is 10.6. The van der Waals surface area contributed by atoms with Crippen molar-refractivity contribution in [2.45, 2.75) is 20.8 Å². The van der Waals surface area contributed by atoms with Crippen LogP contribution in [0.4, 0.5) is 17.3 Å². The van der Waals surface area contributed by atoms with Crippen LogP contribution in [0.5, 0.6) is 0 Å². The van der Waals surface area contributed by atoms with Crippen LogP contribution < -0.4 is 10.6 Å². The molecule has 0 saturated carbocycles. The molecule has 2 N–H and O–H groups in total. The molecule has 0 aliphatic rings. The maximum absolute atomic E-state index is 11.7. The Labute approximate surface area is 134 Å². The molecule has 3 aromatic rings. The van der Waals surface area contributed by atoms with Crippen LogP contribution in [0.25, 0.3) is 5.65 Å². The number of aryl methyl sites for hydroxylation is 2. The van der Waals surface area contributed by atoms with Gasteiger partial charge in [0, 0.05) is 18.8 Å². The van der Waals surface area contributed by atoms with Gasteiger partial charge in [0.05, 0.1) is 11.8 Å². The first-order valence-corrected chi connectivity index (χ1v) is 7.40. The predicted octanol–water partition coefficient (Wildman–Crippen LogP) is 3.33. The smallest absolute Gasteiger partial charge is 0.170 e. The average Bonchev–Trinajstić information content (AvgIpc) is 2.89. The quantitative estimate of drug-likeness (QED) is 0.723. The highest BCUT2D eigenvalue weighted by Gasteiger charge is 2.14. The van der Waals surface area contributed by atoms with Gasteiger partial charge in [-0.05, 0) is 44.0 Å². The van der Waals surface area contributed by atoms with Crippen LogP contribution in [-0.4, -0.2) is 27.4 Å². The number of Topliss-reactive ketones (excluding diaryl/α,β-unsaturated/α-hetero) is 1. The Bertz CT molecular complexity index is 877.